The van der Waals surface area contributed by atoms with Crippen LogP contribution in [0.2, 0.25) is 0 Å². The summed E-state index contributed by atoms with van der Waals surface area (Å²) in [7, 11) is 1.98. The fourth-order valence-corrected chi connectivity index (χ4v) is 5.26. The summed E-state index contributed by atoms with van der Waals surface area (Å²) in [5.74, 6) is 1.22. The topological polar surface area (TPSA) is 95.7 Å². The Balaban J connectivity index is 1.44. The molecule has 3 aliphatic rings. The van der Waals surface area contributed by atoms with Crippen LogP contribution in [-0.2, 0) is 4.74 Å². The average molecular weight is 511 g/mol. The number of benzene rings is 1. The van der Waals surface area contributed by atoms with Crippen molar-refractivity contribution in [2.45, 2.75) is 31.4 Å². The molecule has 37 heavy (non-hydrogen) atoms. The fourth-order valence-electron chi connectivity index (χ4n) is 5.26. The zero-order valence-corrected chi connectivity index (χ0v) is 20.8. The second kappa shape index (κ2) is 9.79. The molecule has 2 bridgehead atoms. The third-order valence-electron chi connectivity index (χ3n) is 7.32. The number of anilines is 2. The zero-order chi connectivity index (χ0) is 25.5. The number of rotatable bonds is 1. The number of aliphatic hydroxyl groups is 1. The molecule has 0 saturated carbocycles. The molecule has 1 atom stereocenters. The Morgan fingerprint density at radius 1 is 1.08 bits per heavy atom. The number of piperidine rings is 1. The Hall–Kier alpha value is -3.44. The first-order valence-corrected chi connectivity index (χ1v) is 12.8. The van der Waals surface area contributed by atoms with Crippen molar-refractivity contribution in [2.24, 2.45) is 0 Å². The van der Waals surface area contributed by atoms with E-state index >= 15 is 0 Å². The molecular formula is C26H31FN6O4. The molecule has 1 aromatic carbocycles. The van der Waals surface area contributed by atoms with Gasteiger partial charge in [-0.3, -0.25) is 4.79 Å². The second-order valence-corrected chi connectivity index (χ2v) is 9.90. The number of nitrogens with zero attached hydrogens (tertiary/aromatic N) is 6. The van der Waals surface area contributed by atoms with Gasteiger partial charge in [0, 0.05) is 45.4 Å². The highest BCUT2D eigenvalue weighted by molar-refractivity contribution is 5.97. The van der Waals surface area contributed by atoms with Gasteiger partial charge in [0.2, 0.25) is 0 Å². The van der Waals surface area contributed by atoms with Crippen LogP contribution in [0.5, 0.6) is 5.75 Å². The summed E-state index contributed by atoms with van der Waals surface area (Å²) in [4.78, 5) is 24.5. The van der Waals surface area contributed by atoms with Gasteiger partial charge in [-0.15, -0.1) is 0 Å². The highest BCUT2D eigenvalue weighted by Crippen LogP contribution is 2.35. The Morgan fingerprint density at radius 2 is 1.95 bits per heavy atom. The Bertz CT molecular complexity index is 1310. The molecule has 1 N–H and O–H groups in total. The predicted octanol–water partition coefficient (Wildman–Crippen LogP) is 2.26. The van der Waals surface area contributed by atoms with Crippen molar-refractivity contribution in [3.63, 3.8) is 0 Å². The van der Waals surface area contributed by atoms with Gasteiger partial charge in [0.1, 0.15) is 29.8 Å². The van der Waals surface area contributed by atoms with Gasteiger partial charge in [0.25, 0.3) is 5.91 Å². The molecular weight excluding hydrogens is 479 g/mol. The highest BCUT2D eigenvalue weighted by atomic mass is 19.1. The lowest BCUT2D eigenvalue weighted by atomic mass is 9.98. The summed E-state index contributed by atoms with van der Waals surface area (Å²) < 4.78 is 27.7. The van der Waals surface area contributed by atoms with Crippen LogP contribution in [-0.4, -0.2) is 89.7 Å². The lowest BCUT2D eigenvalue weighted by molar-refractivity contribution is 0.0596. The van der Waals surface area contributed by atoms with E-state index in [1.165, 1.54) is 18.2 Å². The van der Waals surface area contributed by atoms with E-state index in [-0.39, 0.29) is 30.2 Å². The number of hydrogen-bond acceptors (Lipinski definition) is 8. The largest absolute Gasteiger partial charge is 0.490 e. The Labute approximate surface area is 214 Å². The quantitative estimate of drug-likeness (QED) is 0.533. The maximum atomic E-state index is 14.2. The smallest absolute Gasteiger partial charge is 0.258 e. The number of β-amino-alcohol motifs (C(OH)–C–C–N with tert-alkyl or cyclic N) is 1. The van der Waals surface area contributed by atoms with Crippen molar-refractivity contribution in [1.82, 2.24) is 19.5 Å². The molecule has 1 amide bonds. The van der Waals surface area contributed by atoms with Crippen molar-refractivity contribution in [2.75, 3.05) is 62.8 Å². The minimum atomic E-state index is -0.483. The molecule has 2 fully saturated rings. The first-order chi connectivity index (χ1) is 18.0. The number of hydrogen-bond donors (Lipinski definition) is 1. The number of amides is 1. The van der Waals surface area contributed by atoms with Crippen molar-refractivity contribution in [1.29, 1.82) is 0 Å². The van der Waals surface area contributed by atoms with E-state index in [4.69, 9.17) is 19.6 Å². The molecule has 2 aromatic heterocycles. The normalized spacial score (nSPS) is 21.5. The van der Waals surface area contributed by atoms with E-state index in [0.29, 0.717) is 50.8 Å². The molecule has 3 aromatic rings. The number of halogens is 1. The van der Waals surface area contributed by atoms with E-state index in [2.05, 4.69) is 4.90 Å². The molecule has 0 spiro atoms. The average Bonchev–Trinajstić information content (AvgIpc) is 3.32. The third-order valence-corrected chi connectivity index (χ3v) is 7.32. The number of carbonyl (C=O) groups excluding carboxylic acids is 1. The van der Waals surface area contributed by atoms with Crippen LogP contribution in [0.4, 0.5) is 16.0 Å². The van der Waals surface area contributed by atoms with E-state index < -0.39 is 5.82 Å². The summed E-state index contributed by atoms with van der Waals surface area (Å²) >= 11 is 0. The molecule has 5 heterocycles. The molecule has 6 rings (SSSR count). The van der Waals surface area contributed by atoms with Crippen LogP contribution in [0.15, 0.2) is 30.3 Å². The molecule has 10 nitrogen and oxygen atoms in total. The van der Waals surface area contributed by atoms with E-state index in [0.717, 1.165) is 36.6 Å². The Morgan fingerprint density at radius 3 is 2.78 bits per heavy atom. The summed E-state index contributed by atoms with van der Waals surface area (Å²) in [6.07, 6.45) is 2.23. The highest BCUT2D eigenvalue weighted by Gasteiger charge is 2.33. The summed E-state index contributed by atoms with van der Waals surface area (Å²) in [6.45, 7) is 3.29. The first kappa shape index (κ1) is 23.9. The van der Waals surface area contributed by atoms with Crippen LogP contribution < -0.4 is 14.5 Å². The first-order valence-electron chi connectivity index (χ1n) is 12.8. The number of aliphatic hydroxyl groups excluding tert-OH is 1. The van der Waals surface area contributed by atoms with Crippen LogP contribution in [0.1, 0.15) is 41.4 Å². The van der Waals surface area contributed by atoms with Gasteiger partial charge in [-0.2, -0.15) is 9.61 Å². The summed E-state index contributed by atoms with van der Waals surface area (Å²) in [5.41, 5.74) is 1.63. The lowest BCUT2D eigenvalue weighted by Gasteiger charge is -2.37. The van der Waals surface area contributed by atoms with Gasteiger partial charge in [0.05, 0.1) is 36.6 Å². The van der Waals surface area contributed by atoms with Gasteiger partial charge in [-0.05, 0) is 37.5 Å². The fraction of sp³-hybridized carbons (Fsp3) is 0.500. The van der Waals surface area contributed by atoms with Gasteiger partial charge < -0.3 is 29.3 Å². The minimum absolute atomic E-state index is 0.208. The van der Waals surface area contributed by atoms with Gasteiger partial charge >= 0.3 is 0 Å². The molecule has 1 unspecified atom stereocenters. The van der Waals surface area contributed by atoms with Crippen molar-refractivity contribution in [3.8, 4) is 5.75 Å². The van der Waals surface area contributed by atoms with Crippen LogP contribution in [0.3, 0.4) is 0 Å². The van der Waals surface area contributed by atoms with E-state index in [1.54, 1.807) is 4.90 Å². The van der Waals surface area contributed by atoms with Crippen molar-refractivity contribution < 1.29 is 23.8 Å². The SMILES string of the molecule is CN1CCOCCOc2ccc(F)cc2C(=O)N2CCCCC2c2cc3nc(N4CC(O)C4)cc1n3n2. The third kappa shape index (κ3) is 4.57. The van der Waals surface area contributed by atoms with E-state index in [1.807, 2.05) is 28.6 Å². The van der Waals surface area contributed by atoms with Crippen LogP contribution >= 0.6 is 0 Å². The summed E-state index contributed by atoms with van der Waals surface area (Å²) in [5, 5.41) is 14.8. The van der Waals surface area contributed by atoms with Crippen LogP contribution in [0.25, 0.3) is 5.65 Å². The lowest BCUT2D eigenvalue weighted by Crippen LogP contribution is -2.51. The summed E-state index contributed by atoms with van der Waals surface area (Å²) in [6, 6.07) is 7.71. The molecule has 196 valence electrons. The molecule has 0 radical (unpaired) electrons. The molecule has 11 heteroatoms. The molecule has 0 aliphatic carbocycles. The van der Waals surface area contributed by atoms with Gasteiger partial charge in [-0.1, -0.05) is 0 Å². The van der Waals surface area contributed by atoms with E-state index in [9.17, 15) is 14.3 Å². The number of aromatic nitrogens is 3. The minimum Gasteiger partial charge on any atom is -0.490 e. The standard InChI is InChI=1S/C26H31FN6O4/c1-30-8-9-36-10-11-37-22-6-5-17(27)12-19(22)26(35)32-7-3-2-4-21(32)20-13-24-28-23(31-15-18(34)16-31)14-25(30)33(24)29-20/h5-6,12-14,18,21,34H,2-4,7-11,15-16H2,1H3. The molecule has 2 saturated heterocycles. The molecule has 3 aliphatic heterocycles. The Kier molecular flexibility index (Phi) is 6.33. The van der Waals surface area contributed by atoms with Crippen LogP contribution in [0, 0.1) is 5.82 Å². The maximum absolute atomic E-state index is 14.2. The number of carbonyl (C=O) groups is 1. The van der Waals surface area contributed by atoms with Crippen molar-refractivity contribution >= 4 is 23.2 Å². The number of ether oxygens (including phenoxy) is 2. The van der Waals surface area contributed by atoms with Gasteiger partial charge in [0.15, 0.2) is 5.65 Å². The second-order valence-electron chi connectivity index (χ2n) is 9.90. The number of fused-ring (bicyclic) bond motifs is 4. The van der Waals surface area contributed by atoms with Crippen molar-refractivity contribution in [3.05, 3.63) is 47.4 Å². The zero-order valence-electron chi connectivity index (χ0n) is 20.8. The maximum Gasteiger partial charge on any atom is 0.258 e. The predicted molar refractivity (Wildman–Crippen MR) is 135 cm³/mol. The monoisotopic (exact) mass is 510 g/mol. The number of likely N-dealkylation sites (N-methyl/N-ethyl adjacent to an activating group) is 1. The van der Waals surface area contributed by atoms with Gasteiger partial charge in [-0.25, -0.2) is 9.37 Å².